The molecule has 0 bridgehead atoms. The van der Waals surface area contributed by atoms with E-state index in [1.807, 2.05) is 22.7 Å². The largest absolute Gasteiger partial charge is 0.310 e. The molecule has 0 N–H and O–H groups in total. The molecule has 0 spiro atoms. The van der Waals surface area contributed by atoms with Crippen LogP contribution >= 0.6 is 22.7 Å². The zero-order chi connectivity index (χ0) is 40.7. The van der Waals surface area contributed by atoms with E-state index in [9.17, 15) is 0 Å². The van der Waals surface area contributed by atoms with Crippen molar-refractivity contribution in [1.29, 1.82) is 0 Å². The molecule has 290 valence electrons. The highest BCUT2D eigenvalue weighted by Gasteiger charge is 2.22. The summed E-state index contributed by atoms with van der Waals surface area (Å²) in [6.45, 7) is 0. The van der Waals surface area contributed by atoms with Gasteiger partial charge in [0, 0.05) is 79.4 Å². The van der Waals surface area contributed by atoms with Gasteiger partial charge in [-0.3, -0.25) is 0 Å². The fourth-order valence-electron chi connectivity index (χ4n) is 9.65. The molecule has 0 unspecified atom stereocenters. The molecular formula is C58H36N2S2. The van der Waals surface area contributed by atoms with Gasteiger partial charge in [-0.1, -0.05) is 127 Å². The second-order valence-electron chi connectivity index (χ2n) is 16.1. The van der Waals surface area contributed by atoms with Crippen LogP contribution in [0.2, 0.25) is 0 Å². The van der Waals surface area contributed by atoms with Crippen LogP contribution in [-0.4, -0.2) is 4.57 Å². The third kappa shape index (κ3) is 5.61. The molecule has 0 amide bonds. The van der Waals surface area contributed by atoms with E-state index in [0.29, 0.717) is 0 Å². The average Bonchev–Trinajstić information content (AvgIpc) is 4.00. The number of nitrogens with zero attached hydrogens (tertiary/aromatic N) is 2. The zero-order valence-electron chi connectivity index (χ0n) is 33.5. The van der Waals surface area contributed by atoms with Crippen LogP contribution in [0.15, 0.2) is 218 Å². The lowest BCUT2D eigenvalue weighted by molar-refractivity contribution is 1.18. The Hall–Kier alpha value is -7.50. The molecule has 13 aromatic rings. The Balaban J connectivity index is 1.10. The third-order valence-corrected chi connectivity index (χ3v) is 14.8. The molecule has 13 rings (SSSR count). The van der Waals surface area contributed by atoms with E-state index in [-0.39, 0.29) is 0 Å². The minimum absolute atomic E-state index is 1.11. The summed E-state index contributed by atoms with van der Waals surface area (Å²) in [6.07, 6.45) is 0. The first-order valence-corrected chi connectivity index (χ1v) is 22.7. The first-order valence-electron chi connectivity index (χ1n) is 21.1. The van der Waals surface area contributed by atoms with Crippen LogP contribution in [0.4, 0.5) is 17.1 Å². The van der Waals surface area contributed by atoms with Crippen molar-refractivity contribution in [3.8, 4) is 27.9 Å². The number of rotatable bonds is 6. The van der Waals surface area contributed by atoms with Gasteiger partial charge in [0.2, 0.25) is 0 Å². The summed E-state index contributed by atoms with van der Waals surface area (Å²) in [5, 5.41) is 10.2. The van der Waals surface area contributed by atoms with E-state index in [1.165, 1.54) is 95.2 Å². The first-order chi connectivity index (χ1) is 30.7. The van der Waals surface area contributed by atoms with Gasteiger partial charge in [0.15, 0.2) is 0 Å². The van der Waals surface area contributed by atoms with E-state index < -0.39 is 0 Å². The molecule has 0 saturated carbocycles. The second-order valence-corrected chi connectivity index (χ2v) is 18.3. The van der Waals surface area contributed by atoms with Gasteiger partial charge >= 0.3 is 0 Å². The maximum atomic E-state index is 2.47. The topological polar surface area (TPSA) is 8.17 Å². The average molecular weight is 825 g/mol. The van der Waals surface area contributed by atoms with Gasteiger partial charge in [0.1, 0.15) is 0 Å². The van der Waals surface area contributed by atoms with Gasteiger partial charge < -0.3 is 9.47 Å². The summed E-state index contributed by atoms with van der Waals surface area (Å²) in [4.78, 5) is 2.47. The van der Waals surface area contributed by atoms with Gasteiger partial charge in [-0.2, -0.15) is 0 Å². The number of anilines is 3. The summed E-state index contributed by atoms with van der Waals surface area (Å²) < 4.78 is 7.66. The minimum Gasteiger partial charge on any atom is -0.310 e. The molecule has 0 aliphatic carbocycles. The lowest BCUT2D eigenvalue weighted by atomic mass is 9.95. The van der Waals surface area contributed by atoms with E-state index in [1.54, 1.807) is 0 Å². The van der Waals surface area contributed by atoms with E-state index in [2.05, 4.69) is 228 Å². The van der Waals surface area contributed by atoms with Gasteiger partial charge in [-0.15, -0.1) is 22.7 Å². The highest BCUT2D eigenvalue weighted by molar-refractivity contribution is 7.26. The Labute approximate surface area is 366 Å². The van der Waals surface area contributed by atoms with Crippen LogP contribution in [-0.2, 0) is 0 Å². The minimum atomic E-state index is 1.11. The molecule has 0 aliphatic heterocycles. The van der Waals surface area contributed by atoms with Crippen LogP contribution in [0.5, 0.6) is 0 Å². The molecule has 0 atom stereocenters. The SMILES string of the molecule is c1ccc(-c2cc(-c3ccccc3)c3c(c2)c2cc(N(c4ccc5c(c4)sc4cc6ccccc6cc45)c4ccc5sc6ccccc6c5c4)ccc2n3-c2ccccc2)cc1. The lowest BCUT2D eigenvalue weighted by Gasteiger charge is -2.26. The number of hydrogen-bond acceptors (Lipinski definition) is 3. The number of thiophene rings is 2. The molecule has 3 heterocycles. The van der Waals surface area contributed by atoms with Crippen molar-refractivity contribution in [3.05, 3.63) is 218 Å². The summed E-state index contributed by atoms with van der Waals surface area (Å²) in [6, 6.07) is 80.6. The predicted molar refractivity (Wildman–Crippen MR) is 270 cm³/mol. The predicted octanol–water partition coefficient (Wildman–Crippen LogP) is 17.5. The first kappa shape index (κ1) is 35.3. The number of fused-ring (bicyclic) bond motifs is 10. The van der Waals surface area contributed by atoms with Crippen LogP contribution in [0.25, 0.3) is 101 Å². The van der Waals surface area contributed by atoms with Crippen LogP contribution in [0, 0.1) is 0 Å². The molecule has 2 nitrogen and oxygen atoms in total. The molecule has 62 heavy (non-hydrogen) atoms. The molecule has 4 heteroatoms. The molecular weight excluding hydrogens is 789 g/mol. The second kappa shape index (κ2) is 14.0. The number of aromatic nitrogens is 1. The van der Waals surface area contributed by atoms with Gasteiger partial charge in [-0.25, -0.2) is 0 Å². The van der Waals surface area contributed by atoms with Crippen LogP contribution in [0.1, 0.15) is 0 Å². The zero-order valence-corrected chi connectivity index (χ0v) is 35.1. The Kier molecular flexibility index (Phi) is 7.99. The van der Waals surface area contributed by atoms with Crippen molar-refractivity contribution < 1.29 is 0 Å². The number of benzene rings is 10. The standard InChI is InChI=1S/C58H36N2S2/c1-4-14-37(15-5-1)41-31-48(38-16-6-2-7-17-38)58-52(32-41)49-34-43(25-28-53(49)60(58)42-20-8-3-9-21-42)59(44-26-29-55-51(35-44)46-22-12-13-23-54(46)61-55)45-24-27-47-50-30-39-18-10-11-19-40(39)33-56(50)62-57(47)36-45/h1-36H. The molecule has 3 aromatic heterocycles. The molecule has 0 saturated heterocycles. The Morgan fingerprint density at radius 1 is 0.323 bits per heavy atom. The normalized spacial score (nSPS) is 11.9. The maximum absolute atomic E-state index is 2.47. The fraction of sp³-hybridized carbons (Fsp3) is 0. The van der Waals surface area contributed by atoms with Crippen LogP contribution in [0.3, 0.4) is 0 Å². The summed E-state index contributed by atoms with van der Waals surface area (Å²) in [5.41, 5.74) is 11.7. The number of hydrogen-bond donors (Lipinski definition) is 0. The third-order valence-electron chi connectivity index (χ3n) is 12.5. The van der Waals surface area contributed by atoms with Gasteiger partial charge in [0.05, 0.1) is 11.0 Å². The molecule has 0 aliphatic rings. The van der Waals surface area contributed by atoms with Gasteiger partial charge in [-0.05, 0) is 118 Å². The van der Waals surface area contributed by atoms with E-state index in [4.69, 9.17) is 0 Å². The Morgan fingerprint density at radius 2 is 0.887 bits per heavy atom. The fourth-order valence-corrected chi connectivity index (χ4v) is 11.9. The highest BCUT2D eigenvalue weighted by Crippen LogP contribution is 2.47. The molecule has 0 radical (unpaired) electrons. The van der Waals surface area contributed by atoms with Crippen molar-refractivity contribution >= 4 is 113 Å². The maximum Gasteiger partial charge on any atom is 0.0619 e. The number of para-hydroxylation sites is 1. The van der Waals surface area contributed by atoms with Crippen LogP contribution < -0.4 is 4.90 Å². The quantitative estimate of drug-likeness (QED) is 0.162. The van der Waals surface area contributed by atoms with Crippen molar-refractivity contribution in [2.24, 2.45) is 0 Å². The monoisotopic (exact) mass is 824 g/mol. The summed E-state index contributed by atoms with van der Waals surface area (Å²) >= 11 is 3.74. The Bertz CT molecular complexity index is 3860. The van der Waals surface area contributed by atoms with E-state index >= 15 is 0 Å². The van der Waals surface area contributed by atoms with Crippen molar-refractivity contribution in [2.45, 2.75) is 0 Å². The van der Waals surface area contributed by atoms with Crippen molar-refractivity contribution in [2.75, 3.05) is 4.90 Å². The smallest absolute Gasteiger partial charge is 0.0619 e. The highest BCUT2D eigenvalue weighted by atomic mass is 32.1. The lowest BCUT2D eigenvalue weighted by Crippen LogP contribution is -2.09. The Morgan fingerprint density at radius 3 is 1.69 bits per heavy atom. The molecule has 0 fully saturated rings. The van der Waals surface area contributed by atoms with Crippen molar-refractivity contribution in [3.63, 3.8) is 0 Å². The van der Waals surface area contributed by atoms with E-state index in [0.717, 1.165) is 22.7 Å². The summed E-state index contributed by atoms with van der Waals surface area (Å²) in [5.74, 6) is 0. The summed E-state index contributed by atoms with van der Waals surface area (Å²) in [7, 11) is 0. The van der Waals surface area contributed by atoms with Gasteiger partial charge in [0.25, 0.3) is 0 Å². The van der Waals surface area contributed by atoms with Crippen molar-refractivity contribution in [1.82, 2.24) is 4.57 Å². The molecule has 10 aromatic carbocycles.